The lowest BCUT2D eigenvalue weighted by Crippen LogP contribution is -2.13. The smallest absolute Gasteiger partial charge is 0.266 e. The van der Waals surface area contributed by atoms with E-state index in [9.17, 15) is 4.79 Å². The Morgan fingerprint density at radius 2 is 2.26 bits per heavy atom. The van der Waals surface area contributed by atoms with E-state index in [1.54, 1.807) is 17.5 Å². The fourth-order valence-electron chi connectivity index (χ4n) is 3.00. The molecule has 0 aromatic carbocycles. The Labute approximate surface area is 141 Å². The minimum Gasteiger partial charge on any atom is -0.306 e. The molecular weight excluding hydrogens is 306 g/mol. The standard InChI is InChI=1S/C18H23N3OS/c1-12-4-5-15-14(8-12)10-16(23-15)18(22)20-17-9-13(6-7-19-17)11-21(2)3/h6-7,9-10,12H,4-5,8,11H2,1-3H3,(H,19,20,22). The van der Waals surface area contributed by atoms with Crippen molar-refractivity contribution in [1.82, 2.24) is 9.88 Å². The van der Waals surface area contributed by atoms with Gasteiger partial charge in [0.25, 0.3) is 5.91 Å². The number of carbonyl (C=O) groups excluding carboxylic acids is 1. The summed E-state index contributed by atoms with van der Waals surface area (Å²) in [7, 11) is 4.05. The maximum absolute atomic E-state index is 12.5. The second kappa shape index (κ2) is 6.81. The van der Waals surface area contributed by atoms with Gasteiger partial charge < -0.3 is 10.2 Å². The molecule has 1 atom stereocenters. The number of anilines is 1. The van der Waals surface area contributed by atoms with Gasteiger partial charge >= 0.3 is 0 Å². The van der Waals surface area contributed by atoms with Crippen LogP contribution >= 0.6 is 11.3 Å². The van der Waals surface area contributed by atoms with Crippen molar-refractivity contribution in [1.29, 1.82) is 0 Å². The highest BCUT2D eigenvalue weighted by molar-refractivity contribution is 7.14. The lowest BCUT2D eigenvalue weighted by molar-refractivity contribution is 0.103. The first-order valence-electron chi connectivity index (χ1n) is 8.04. The third-order valence-corrected chi connectivity index (χ3v) is 5.35. The van der Waals surface area contributed by atoms with Crippen molar-refractivity contribution in [3.8, 4) is 0 Å². The van der Waals surface area contributed by atoms with E-state index in [-0.39, 0.29) is 5.91 Å². The Morgan fingerprint density at radius 3 is 3.04 bits per heavy atom. The summed E-state index contributed by atoms with van der Waals surface area (Å²) in [5.41, 5.74) is 2.49. The van der Waals surface area contributed by atoms with Crippen LogP contribution in [0.1, 0.15) is 39.0 Å². The van der Waals surface area contributed by atoms with E-state index in [0.29, 0.717) is 5.82 Å². The molecule has 4 nitrogen and oxygen atoms in total. The third kappa shape index (κ3) is 3.98. The van der Waals surface area contributed by atoms with Crippen LogP contribution in [0.5, 0.6) is 0 Å². The van der Waals surface area contributed by atoms with E-state index in [2.05, 4.69) is 28.2 Å². The average Bonchev–Trinajstić information content (AvgIpc) is 2.90. The first kappa shape index (κ1) is 16.1. The van der Waals surface area contributed by atoms with Crippen LogP contribution in [-0.2, 0) is 19.4 Å². The Balaban J connectivity index is 1.72. The number of hydrogen-bond acceptors (Lipinski definition) is 4. The van der Waals surface area contributed by atoms with Crippen LogP contribution < -0.4 is 5.32 Å². The monoisotopic (exact) mass is 329 g/mol. The number of aryl methyl sites for hydroxylation is 1. The zero-order valence-electron chi connectivity index (χ0n) is 13.9. The Morgan fingerprint density at radius 1 is 1.43 bits per heavy atom. The number of fused-ring (bicyclic) bond motifs is 1. The molecule has 2 heterocycles. The molecule has 122 valence electrons. The van der Waals surface area contributed by atoms with Crippen LogP contribution in [0.25, 0.3) is 0 Å². The molecule has 5 heteroatoms. The van der Waals surface area contributed by atoms with Gasteiger partial charge in [-0.05, 0) is 68.6 Å². The van der Waals surface area contributed by atoms with Crippen molar-refractivity contribution in [2.45, 2.75) is 32.7 Å². The van der Waals surface area contributed by atoms with Crippen molar-refractivity contribution >= 4 is 23.1 Å². The van der Waals surface area contributed by atoms with Crippen LogP contribution in [0.15, 0.2) is 24.4 Å². The molecule has 2 aromatic rings. The van der Waals surface area contributed by atoms with Gasteiger partial charge in [0.2, 0.25) is 0 Å². The molecule has 3 rings (SSSR count). The largest absolute Gasteiger partial charge is 0.306 e. The van der Waals surface area contributed by atoms with Gasteiger partial charge in [-0.15, -0.1) is 11.3 Å². The Kier molecular flexibility index (Phi) is 4.78. The molecule has 1 amide bonds. The molecule has 0 aliphatic heterocycles. The Bertz CT molecular complexity index is 708. The van der Waals surface area contributed by atoms with Gasteiger partial charge in [-0.25, -0.2) is 4.98 Å². The number of nitrogens with zero attached hydrogens (tertiary/aromatic N) is 2. The number of amides is 1. The number of hydrogen-bond donors (Lipinski definition) is 1. The quantitative estimate of drug-likeness (QED) is 0.932. The highest BCUT2D eigenvalue weighted by Crippen LogP contribution is 2.32. The number of nitrogens with one attached hydrogen (secondary N) is 1. The Hall–Kier alpha value is -1.72. The summed E-state index contributed by atoms with van der Waals surface area (Å²) < 4.78 is 0. The second-order valence-corrected chi connectivity index (χ2v) is 7.79. The summed E-state index contributed by atoms with van der Waals surface area (Å²) in [6.07, 6.45) is 5.17. The first-order valence-corrected chi connectivity index (χ1v) is 8.85. The summed E-state index contributed by atoms with van der Waals surface area (Å²) in [5, 5.41) is 2.93. The number of carbonyl (C=O) groups is 1. The van der Waals surface area contributed by atoms with Gasteiger partial charge in [0.15, 0.2) is 0 Å². The van der Waals surface area contributed by atoms with Crippen molar-refractivity contribution < 1.29 is 4.79 Å². The third-order valence-electron chi connectivity index (χ3n) is 4.12. The van der Waals surface area contributed by atoms with Gasteiger partial charge in [-0.2, -0.15) is 0 Å². The van der Waals surface area contributed by atoms with Crippen molar-refractivity contribution in [3.05, 3.63) is 45.3 Å². The summed E-state index contributed by atoms with van der Waals surface area (Å²) >= 11 is 1.63. The summed E-state index contributed by atoms with van der Waals surface area (Å²) in [5.74, 6) is 1.29. The molecule has 1 aliphatic carbocycles. The summed E-state index contributed by atoms with van der Waals surface area (Å²) in [4.78, 5) is 21.0. The summed E-state index contributed by atoms with van der Waals surface area (Å²) in [6.45, 7) is 3.11. The molecule has 0 spiro atoms. The van der Waals surface area contributed by atoms with Crippen molar-refractivity contribution in [3.63, 3.8) is 0 Å². The lowest BCUT2D eigenvalue weighted by Gasteiger charge is -2.16. The van der Waals surface area contributed by atoms with E-state index in [0.717, 1.165) is 35.7 Å². The number of aromatic nitrogens is 1. The molecule has 1 N–H and O–H groups in total. The summed E-state index contributed by atoms with van der Waals surface area (Å²) in [6, 6.07) is 5.98. The molecule has 2 aromatic heterocycles. The van der Waals surface area contributed by atoms with Crippen LogP contribution in [0, 0.1) is 5.92 Å². The number of thiophene rings is 1. The van der Waals surface area contributed by atoms with Crippen LogP contribution in [0.3, 0.4) is 0 Å². The molecule has 0 saturated heterocycles. The highest BCUT2D eigenvalue weighted by atomic mass is 32.1. The molecule has 0 fully saturated rings. The molecule has 23 heavy (non-hydrogen) atoms. The molecular formula is C18H23N3OS. The first-order chi connectivity index (χ1) is 11.0. The van der Waals surface area contributed by atoms with Crippen LogP contribution in [0.4, 0.5) is 5.82 Å². The van der Waals surface area contributed by atoms with Gasteiger partial charge in [0.1, 0.15) is 5.82 Å². The SMILES string of the molecule is CC1CCc2sc(C(=O)Nc3cc(CN(C)C)ccn3)cc2C1. The molecule has 0 saturated carbocycles. The van der Waals surface area contributed by atoms with Crippen molar-refractivity contribution in [2.75, 3.05) is 19.4 Å². The minimum atomic E-state index is -0.0495. The van der Waals surface area contributed by atoms with Crippen molar-refractivity contribution in [2.24, 2.45) is 5.92 Å². The average molecular weight is 329 g/mol. The predicted octanol–water partition coefficient (Wildman–Crippen LogP) is 3.58. The van der Waals surface area contributed by atoms with Gasteiger partial charge in [0.05, 0.1) is 4.88 Å². The van der Waals surface area contributed by atoms with E-state index in [1.807, 2.05) is 26.2 Å². The minimum absolute atomic E-state index is 0.0495. The fraction of sp³-hybridized carbons (Fsp3) is 0.444. The van der Waals surface area contributed by atoms with E-state index in [4.69, 9.17) is 0 Å². The van der Waals surface area contributed by atoms with Crippen LogP contribution in [0.2, 0.25) is 0 Å². The molecule has 0 radical (unpaired) electrons. The number of rotatable bonds is 4. The van der Waals surface area contributed by atoms with Gasteiger partial charge in [0, 0.05) is 17.6 Å². The lowest BCUT2D eigenvalue weighted by atomic mass is 9.90. The second-order valence-electron chi connectivity index (χ2n) is 6.65. The maximum atomic E-state index is 12.5. The number of pyridine rings is 1. The topological polar surface area (TPSA) is 45.2 Å². The highest BCUT2D eigenvalue weighted by Gasteiger charge is 2.20. The molecule has 0 bridgehead atoms. The normalized spacial score (nSPS) is 17.1. The maximum Gasteiger partial charge on any atom is 0.266 e. The fourth-order valence-corrected chi connectivity index (χ4v) is 4.11. The molecule has 1 aliphatic rings. The predicted molar refractivity (Wildman–Crippen MR) is 95.1 cm³/mol. The van der Waals surface area contributed by atoms with Crippen LogP contribution in [-0.4, -0.2) is 29.9 Å². The van der Waals surface area contributed by atoms with E-state index >= 15 is 0 Å². The zero-order valence-corrected chi connectivity index (χ0v) is 14.7. The van der Waals surface area contributed by atoms with E-state index < -0.39 is 0 Å². The van der Waals surface area contributed by atoms with E-state index in [1.165, 1.54) is 16.9 Å². The zero-order chi connectivity index (χ0) is 16.4. The molecule has 1 unspecified atom stereocenters. The van der Waals surface area contributed by atoms with Gasteiger partial charge in [-0.1, -0.05) is 6.92 Å². The van der Waals surface area contributed by atoms with Gasteiger partial charge in [-0.3, -0.25) is 4.79 Å².